The van der Waals surface area contributed by atoms with Crippen LogP contribution in [0.3, 0.4) is 0 Å². The van der Waals surface area contributed by atoms with Gasteiger partial charge in [-0.1, -0.05) is 17.7 Å². The van der Waals surface area contributed by atoms with Gasteiger partial charge >= 0.3 is 0 Å². The van der Waals surface area contributed by atoms with Gasteiger partial charge in [-0.2, -0.15) is 0 Å². The maximum absolute atomic E-state index is 5.39. The van der Waals surface area contributed by atoms with Gasteiger partial charge in [-0.15, -0.1) is 0 Å². The van der Waals surface area contributed by atoms with E-state index in [0.29, 0.717) is 6.54 Å². The monoisotopic (exact) mass is 105 g/mol. The van der Waals surface area contributed by atoms with Gasteiger partial charge in [0.1, 0.15) is 0 Å². The SMILES string of the molecule is C/C=C(/Cl)CN. The van der Waals surface area contributed by atoms with Crippen molar-refractivity contribution in [3.05, 3.63) is 11.1 Å². The van der Waals surface area contributed by atoms with E-state index in [1.54, 1.807) is 6.08 Å². The van der Waals surface area contributed by atoms with Crippen molar-refractivity contribution in [2.75, 3.05) is 6.54 Å². The minimum atomic E-state index is 0.456. The van der Waals surface area contributed by atoms with Gasteiger partial charge in [0.15, 0.2) is 0 Å². The summed E-state index contributed by atoms with van der Waals surface area (Å²) in [5.41, 5.74) is 5.08. The summed E-state index contributed by atoms with van der Waals surface area (Å²) in [7, 11) is 0. The molecule has 0 aliphatic rings. The molecule has 36 valence electrons. The average molecular weight is 106 g/mol. The molecule has 0 radical (unpaired) electrons. The zero-order chi connectivity index (χ0) is 4.99. The van der Waals surface area contributed by atoms with Crippen molar-refractivity contribution in [3.8, 4) is 0 Å². The van der Waals surface area contributed by atoms with E-state index in [2.05, 4.69) is 0 Å². The lowest BCUT2D eigenvalue weighted by molar-refractivity contribution is 1.22. The summed E-state index contributed by atoms with van der Waals surface area (Å²) in [6.45, 7) is 2.31. The van der Waals surface area contributed by atoms with E-state index in [0.717, 1.165) is 5.03 Å². The van der Waals surface area contributed by atoms with Gasteiger partial charge in [0.2, 0.25) is 0 Å². The van der Waals surface area contributed by atoms with Gasteiger partial charge in [0.05, 0.1) is 0 Å². The average Bonchev–Trinajstić information content (AvgIpc) is 1.65. The second kappa shape index (κ2) is 3.19. The summed E-state index contributed by atoms with van der Waals surface area (Å²) >= 11 is 5.39. The van der Waals surface area contributed by atoms with Crippen LogP contribution in [-0.4, -0.2) is 6.54 Å². The molecule has 0 atom stereocenters. The van der Waals surface area contributed by atoms with Crippen LogP contribution < -0.4 is 5.73 Å². The second-order valence-electron chi connectivity index (χ2n) is 0.940. The molecule has 0 saturated carbocycles. The van der Waals surface area contributed by atoms with Crippen LogP contribution in [0.1, 0.15) is 6.92 Å². The lowest BCUT2D eigenvalue weighted by Crippen LogP contribution is -1.96. The summed E-state index contributed by atoms with van der Waals surface area (Å²) in [6, 6.07) is 0. The summed E-state index contributed by atoms with van der Waals surface area (Å²) in [4.78, 5) is 0. The lowest BCUT2D eigenvalue weighted by Gasteiger charge is -1.82. The second-order valence-corrected chi connectivity index (χ2v) is 1.43. The van der Waals surface area contributed by atoms with Gasteiger partial charge in [-0.25, -0.2) is 0 Å². The Hall–Kier alpha value is -0.0100. The molecule has 0 aromatic rings. The van der Waals surface area contributed by atoms with Crippen LogP contribution in [0.4, 0.5) is 0 Å². The summed E-state index contributed by atoms with van der Waals surface area (Å²) in [5.74, 6) is 0. The Bertz CT molecular complexity index is 58.6. The number of rotatable bonds is 1. The van der Waals surface area contributed by atoms with E-state index in [1.165, 1.54) is 0 Å². The van der Waals surface area contributed by atoms with Gasteiger partial charge in [0, 0.05) is 11.6 Å². The van der Waals surface area contributed by atoms with Crippen LogP contribution in [0.25, 0.3) is 0 Å². The minimum Gasteiger partial charge on any atom is -0.326 e. The van der Waals surface area contributed by atoms with Crippen LogP contribution in [0, 0.1) is 0 Å². The fraction of sp³-hybridized carbons (Fsp3) is 0.500. The molecule has 0 aromatic carbocycles. The van der Waals surface area contributed by atoms with Crippen molar-refractivity contribution in [1.82, 2.24) is 0 Å². The fourth-order valence-electron chi connectivity index (χ4n) is 0.118. The Balaban J connectivity index is 3.22. The van der Waals surface area contributed by atoms with Crippen LogP contribution in [0.2, 0.25) is 0 Å². The highest BCUT2D eigenvalue weighted by Gasteiger charge is 1.76. The van der Waals surface area contributed by atoms with Crippen molar-refractivity contribution < 1.29 is 0 Å². The lowest BCUT2D eigenvalue weighted by atomic mass is 10.5. The van der Waals surface area contributed by atoms with E-state index in [1.807, 2.05) is 6.92 Å². The van der Waals surface area contributed by atoms with Gasteiger partial charge in [-0.05, 0) is 6.92 Å². The summed E-state index contributed by atoms with van der Waals surface area (Å²) < 4.78 is 0. The third-order valence-electron chi connectivity index (χ3n) is 0.508. The Morgan fingerprint density at radius 2 is 2.50 bits per heavy atom. The van der Waals surface area contributed by atoms with E-state index >= 15 is 0 Å². The maximum atomic E-state index is 5.39. The minimum absolute atomic E-state index is 0.456. The number of nitrogens with two attached hydrogens (primary N) is 1. The van der Waals surface area contributed by atoms with E-state index in [-0.39, 0.29) is 0 Å². The molecule has 0 bridgehead atoms. The van der Waals surface area contributed by atoms with Crippen molar-refractivity contribution in [2.24, 2.45) is 5.73 Å². The Morgan fingerprint density at radius 1 is 2.00 bits per heavy atom. The Labute approximate surface area is 42.8 Å². The van der Waals surface area contributed by atoms with E-state index in [4.69, 9.17) is 17.3 Å². The van der Waals surface area contributed by atoms with Crippen LogP contribution >= 0.6 is 11.6 Å². The predicted octanol–water partition coefficient (Wildman–Crippen LogP) is 1.09. The summed E-state index contributed by atoms with van der Waals surface area (Å²) in [5, 5.41) is 0.718. The fourth-order valence-corrected chi connectivity index (χ4v) is 0.118. The first-order chi connectivity index (χ1) is 2.81. The third-order valence-corrected chi connectivity index (χ3v) is 0.881. The summed E-state index contributed by atoms with van der Waals surface area (Å²) in [6.07, 6.45) is 1.78. The standard InChI is InChI=1S/C4H8ClN/c1-2-4(5)3-6/h2H,3,6H2,1H3/b4-2+. The first-order valence-corrected chi connectivity index (χ1v) is 2.19. The molecule has 0 aliphatic carbocycles. The molecule has 0 spiro atoms. The highest BCUT2D eigenvalue weighted by atomic mass is 35.5. The van der Waals surface area contributed by atoms with Gasteiger partial charge in [0.25, 0.3) is 0 Å². The molecule has 2 N–H and O–H groups in total. The van der Waals surface area contributed by atoms with Crippen molar-refractivity contribution >= 4 is 11.6 Å². The molecule has 0 aliphatic heterocycles. The normalized spacial score (nSPS) is 12.2. The quantitative estimate of drug-likeness (QED) is 0.531. The van der Waals surface area contributed by atoms with Crippen LogP contribution in [0.5, 0.6) is 0 Å². The Kier molecular flexibility index (Phi) is 3.19. The Morgan fingerprint density at radius 3 is 2.50 bits per heavy atom. The molecule has 0 amide bonds. The molecule has 0 rings (SSSR count). The highest BCUT2D eigenvalue weighted by Crippen LogP contribution is 1.93. The number of hydrogen-bond donors (Lipinski definition) is 1. The molecule has 0 unspecified atom stereocenters. The molecular formula is C4H8ClN. The number of allylic oxidation sites excluding steroid dienone is 1. The molecule has 0 fully saturated rings. The molecule has 0 heterocycles. The predicted molar refractivity (Wildman–Crippen MR) is 28.7 cm³/mol. The third kappa shape index (κ3) is 2.24. The number of hydrogen-bond acceptors (Lipinski definition) is 1. The van der Waals surface area contributed by atoms with Crippen LogP contribution in [-0.2, 0) is 0 Å². The molecule has 6 heavy (non-hydrogen) atoms. The topological polar surface area (TPSA) is 26.0 Å². The maximum Gasteiger partial charge on any atom is 0.0284 e. The molecule has 0 aromatic heterocycles. The first kappa shape index (κ1) is 5.99. The molecule has 1 nitrogen and oxygen atoms in total. The van der Waals surface area contributed by atoms with Gasteiger partial charge in [-0.3, -0.25) is 0 Å². The first-order valence-electron chi connectivity index (χ1n) is 1.82. The van der Waals surface area contributed by atoms with Crippen molar-refractivity contribution in [3.63, 3.8) is 0 Å². The molecule has 2 heteroatoms. The van der Waals surface area contributed by atoms with E-state index in [9.17, 15) is 0 Å². The van der Waals surface area contributed by atoms with Gasteiger partial charge < -0.3 is 5.73 Å². The van der Waals surface area contributed by atoms with Crippen molar-refractivity contribution in [2.45, 2.75) is 6.92 Å². The molecular weight excluding hydrogens is 97.5 g/mol. The largest absolute Gasteiger partial charge is 0.326 e. The smallest absolute Gasteiger partial charge is 0.0284 e. The van der Waals surface area contributed by atoms with E-state index < -0.39 is 0 Å². The van der Waals surface area contributed by atoms with Crippen molar-refractivity contribution in [1.29, 1.82) is 0 Å². The van der Waals surface area contributed by atoms with Crippen LogP contribution in [0.15, 0.2) is 11.1 Å². The zero-order valence-corrected chi connectivity index (χ0v) is 4.50. The highest BCUT2D eigenvalue weighted by molar-refractivity contribution is 6.29. The number of halogens is 1. The molecule has 0 saturated heterocycles. The zero-order valence-electron chi connectivity index (χ0n) is 3.74.